The third-order valence-corrected chi connectivity index (χ3v) is 3.53. The van der Waals surface area contributed by atoms with Gasteiger partial charge in [-0.05, 0) is 45.9 Å². The fraction of sp³-hybridized carbons (Fsp3) is 0.182. The van der Waals surface area contributed by atoms with E-state index in [9.17, 15) is 5.11 Å². The van der Waals surface area contributed by atoms with E-state index in [-0.39, 0.29) is 0 Å². The van der Waals surface area contributed by atoms with Crippen LogP contribution in [0.15, 0.2) is 34.4 Å². The van der Waals surface area contributed by atoms with E-state index in [0.29, 0.717) is 0 Å². The van der Waals surface area contributed by atoms with E-state index in [1.807, 2.05) is 24.4 Å². The van der Waals surface area contributed by atoms with Crippen LogP contribution in [-0.2, 0) is 0 Å². The van der Waals surface area contributed by atoms with Crippen LogP contribution in [0.4, 0.5) is 0 Å². The van der Waals surface area contributed by atoms with Crippen LogP contribution in [0.1, 0.15) is 22.1 Å². The molecule has 2 nitrogen and oxygen atoms in total. The molecule has 1 N–H and O–H groups in total. The zero-order valence-corrected chi connectivity index (χ0v) is 10.5. The summed E-state index contributed by atoms with van der Waals surface area (Å²) >= 11 is 4.98. The molecule has 4 heteroatoms. The van der Waals surface area contributed by atoms with Crippen LogP contribution >= 0.6 is 27.3 Å². The molecule has 15 heavy (non-hydrogen) atoms. The van der Waals surface area contributed by atoms with Crippen molar-refractivity contribution >= 4 is 27.3 Å². The summed E-state index contributed by atoms with van der Waals surface area (Å²) in [5.41, 5.74) is 1.77. The lowest BCUT2D eigenvalue weighted by atomic mass is 10.0. The van der Waals surface area contributed by atoms with Crippen LogP contribution < -0.4 is 0 Å². The van der Waals surface area contributed by atoms with Crippen molar-refractivity contribution < 1.29 is 5.11 Å². The number of aryl methyl sites for hydroxylation is 1. The van der Waals surface area contributed by atoms with Crippen molar-refractivity contribution in [2.45, 2.75) is 13.0 Å². The first-order valence-electron chi connectivity index (χ1n) is 4.51. The van der Waals surface area contributed by atoms with E-state index in [0.717, 1.165) is 20.5 Å². The molecule has 0 spiro atoms. The summed E-state index contributed by atoms with van der Waals surface area (Å²) in [7, 11) is 0. The highest BCUT2D eigenvalue weighted by Crippen LogP contribution is 2.28. The van der Waals surface area contributed by atoms with Gasteiger partial charge in [-0.1, -0.05) is 0 Å². The maximum absolute atomic E-state index is 10.1. The normalized spacial score (nSPS) is 12.7. The van der Waals surface area contributed by atoms with Crippen LogP contribution in [0, 0.1) is 6.92 Å². The van der Waals surface area contributed by atoms with Gasteiger partial charge in [0.25, 0.3) is 0 Å². The molecule has 0 aliphatic rings. The first kappa shape index (κ1) is 10.8. The molecule has 0 aromatic carbocycles. The van der Waals surface area contributed by atoms with Gasteiger partial charge in [0.1, 0.15) is 6.10 Å². The molecule has 0 aliphatic carbocycles. The Hall–Kier alpha value is -0.710. The number of rotatable bonds is 2. The number of aliphatic hydroxyl groups is 1. The fourth-order valence-electron chi connectivity index (χ4n) is 1.44. The molecule has 0 bridgehead atoms. The zero-order chi connectivity index (χ0) is 10.8. The third kappa shape index (κ3) is 2.27. The zero-order valence-electron chi connectivity index (χ0n) is 8.14. The predicted molar refractivity (Wildman–Crippen MR) is 65.1 cm³/mol. The molecular weight excluding hydrogens is 274 g/mol. The second-order valence-corrected chi connectivity index (χ2v) is 5.31. The number of thiophene rings is 1. The van der Waals surface area contributed by atoms with E-state index in [1.165, 1.54) is 0 Å². The minimum atomic E-state index is -0.582. The molecule has 0 radical (unpaired) electrons. The fourth-order valence-corrected chi connectivity index (χ4v) is 2.55. The number of nitrogens with zero attached hydrogens (tertiary/aromatic N) is 1. The smallest absolute Gasteiger partial charge is 0.107 e. The van der Waals surface area contributed by atoms with Crippen molar-refractivity contribution in [1.29, 1.82) is 0 Å². The van der Waals surface area contributed by atoms with Gasteiger partial charge < -0.3 is 5.11 Å². The van der Waals surface area contributed by atoms with Gasteiger partial charge in [0.05, 0.1) is 0 Å². The number of hydrogen-bond donors (Lipinski definition) is 1. The first-order valence-corrected chi connectivity index (χ1v) is 6.18. The Morgan fingerprint density at radius 2 is 2.27 bits per heavy atom. The van der Waals surface area contributed by atoms with Crippen molar-refractivity contribution in [2.24, 2.45) is 0 Å². The van der Waals surface area contributed by atoms with Crippen LogP contribution in [0.2, 0.25) is 0 Å². The Bertz CT molecular complexity index is 469. The molecule has 2 aromatic heterocycles. The number of hydrogen-bond acceptors (Lipinski definition) is 3. The lowest BCUT2D eigenvalue weighted by Crippen LogP contribution is -2.00. The monoisotopic (exact) mass is 283 g/mol. The maximum atomic E-state index is 10.1. The van der Waals surface area contributed by atoms with Crippen molar-refractivity contribution in [2.75, 3.05) is 0 Å². The first-order chi connectivity index (χ1) is 7.18. The lowest BCUT2D eigenvalue weighted by molar-refractivity contribution is 0.219. The van der Waals surface area contributed by atoms with Gasteiger partial charge >= 0.3 is 0 Å². The molecule has 1 atom stereocenters. The Labute approximate surface area is 101 Å². The standard InChI is InChI=1S/C11H10BrNOS/c1-7-10(2-3-15-7)11(14)8-4-9(12)6-13-5-8/h2-6,11,14H,1H3. The highest BCUT2D eigenvalue weighted by Gasteiger charge is 2.14. The van der Waals surface area contributed by atoms with Gasteiger partial charge in [0.15, 0.2) is 0 Å². The highest BCUT2D eigenvalue weighted by atomic mass is 79.9. The highest BCUT2D eigenvalue weighted by molar-refractivity contribution is 9.10. The number of aromatic nitrogens is 1. The Morgan fingerprint density at radius 3 is 2.87 bits per heavy atom. The molecule has 0 amide bonds. The summed E-state index contributed by atoms with van der Waals surface area (Å²) in [6, 6.07) is 3.83. The summed E-state index contributed by atoms with van der Waals surface area (Å²) < 4.78 is 0.881. The second-order valence-electron chi connectivity index (χ2n) is 3.27. The van der Waals surface area contributed by atoms with Gasteiger partial charge in [0.2, 0.25) is 0 Å². The van der Waals surface area contributed by atoms with Crippen LogP contribution in [-0.4, -0.2) is 10.1 Å². The van der Waals surface area contributed by atoms with Gasteiger partial charge in [0, 0.05) is 27.3 Å². The quantitative estimate of drug-likeness (QED) is 0.918. The minimum Gasteiger partial charge on any atom is -0.384 e. The van der Waals surface area contributed by atoms with E-state index in [1.54, 1.807) is 23.7 Å². The van der Waals surface area contributed by atoms with Crippen molar-refractivity contribution in [3.8, 4) is 0 Å². The van der Waals surface area contributed by atoms with Gasteiger partial charge in [-0.25, -0.2) is 0 Å². The molecule has 0 saturated heterocycles. The molecule has 2 heterocycles. The van der Waals surface area contributed by atoms with E-state index < -0.39 is 6.10 Å². The van der Waals surface area contributed by atoms with Crippen molar-refractivity contribution in [1.82, 2.24) is 4.98 Å². The summed E-state index contributed by atoms with van der Waals surface area (Å²) in [6.45, 7) is 2.01. The molecule has 0 aliphatic heterocycles. The number of pyridine rings is 1. The summed E-state index contributed by atoms with van der Waals surface area (Å²) in [5.74, 6) is 0. The SMILES string of the molecule is Cc1sccc1C(O)c1cncc(Br)c1. The summed E-state index contributed by atoms with van der Waals surface area (Å²) in [6.07, 6.45) is 2.81. The van der Waals surface area contributed by atoms with Gasteiger partial charge in [-0.3, -0.25) is 4.98 Å². The van der Waals surface area contributed by atoms with Crippen molar-refractivity contribution in [3.63, 3.8) is 0 Å². The Balaban J connectivity index is 2.36. The average Bonchev–Trinajstić information content (AvgIpc) is 2.63. The lowest BCUT2D eigenvalue weighted by Gasteiger charge is -2.10. The topological polar surface area (TPSA) is 33.1 Å². The Morgan fingerprint density at radius 1 is 1.47 bits per heavy atom. The van der Waals surface area contributed by atoms with Gasteiger partial charge in [-0.15, -0.1) is 11.3 Å². The minimum absolute atomic E-state index is 0.582. The van der Waals surface area contributed by atoms with Gasteiger partial charge in [-0.2, -0.15) is 0 Å². The molecule has 1 unspecified atom stereocenters. The predicted octanol–water partition coefficient (Wildman–Crippen LogP) is 3.30. The van der Waals surface area contributed by atoms with E-state index in [2.05, 4.69) is 20.9 Å². The molecule has 0 fully saturated rings. The Kier molecular flexibility index (Phi) is 3.19. The van der Waals surface area contributed by atoms with Crippen LogP contribution in [0.3, 0.4) is 0 Å². The summed E-state index contributed by atoms with van der Waals surface area (Å²) in [5, 5.41) is 12.1. The number of halogens is 1. The molecule has 0 saturated carbocycles. The molecular formula is C11H10BrNOS. The average molecular weight is 284 g/mol. The number of aliphatic hydroxyl groups excluding tert-OH is 1. The molecule has 78 valence electrons. The maximum Gasteiger partial charge on any atom is 0.107 e. The van der Waals surface area contributed by atoms with Crippen LogP contribution in [0.5, 0.6) is 0 Å². The third-order valence-electron chi connectivity index (χ3n) is 2.24. The van der Waals surface area contributed by atoms with E-state index in [4.69, 9.17) is 0 Å². The summed E-state index contributed by atoms with van der Waals surface area (Å²) in [4.78, 5) is 5.18. The molecule has 2 rings (SSSR count). The van der Waals surface area contributed by atoms with Crippen molar-refractivity contribution in [3.05, 3.63) is 50.4 Å². The second kappa shape index (κ2) is 4.43. The largest absolute Gasteiger partial charge is 0.384 e. The van der Waals surface area contributed by atoms with Crippen LogP contribution in [0.25, 0.3) is 0 Å². The van der Waals surface area contributed by atoms with E-state index >= 15 is 0 Å². The molecule has 2 aromatic rings.